The number of amides is 1. The van der Waals surface area contributed by atoms with Crippen molar-refractivity contribution >= 4 is 16.7 Å². The van der Waals surface area contributed by atoms with E-state index in [2.05, 4.69) is 15.5 Å². The molecule has 3 aromatic rings. The lowest BCUT2D eigenvalue weighted by molar-refractivity contribution is 0.0935. The minimum atomic E-state index is -0.346. The Kier molecular flexibility index (Phi) is 4.43. The molecule has 3 rings (SSSR count). The summed E-state index contributed by atoms with van der Waals surface area (Å²) in [4.78, 5) is 26.3. The van der Waals surface area contributed by atoms with E-state index >= 15 is 0 Å². The van der Waals surface area contributed by atoms with Crippen molar-refractivity contribution in [1.82, 2.24) is 20.4 Å². The van der Waals surface area contributed by atoms with Crippen LogP contribution in [0, 0.1) is 0 Å². The van der Waals surface area contributed by atoms with Crippen molar-refractivity contribution in [3.05, 3.63) is 64.5 Å². The van der Waals surface area contributed by atoms with Gasteiger partial charge >= 0.3 is 0 Å². The Bertz CT molecular complexity index is 900. The molecule has 0 saturated heterocycles. The molecule has 0 fully saturated rings. The topological polar surface area (TPSA) is 91.2 Å². The highest BCUT2D eigenvalue weighted by Crippen LogP contribution is 2.18. The molecule has 0 spiro atoms. The lowest BCUT2D eigenvalue weighted by atomic mass is 10.1. The Balaban J connectivity index is 1.83. The number of benzene rings is 1. The average Bonchev–Trinajstić information content (AvgIpc) is 3.09. The Labute approximate surface area is 138 Å². The van der Waals surface area contributed by atoms with E-state index in [9.17, 15) is 9.59 Å². The minimum absolute atomic E-state index is 0.0991. The number of nitrogens with zero attached hydrogens (tertiary/aromatic N) is 2. The molecule has 1 amide bonds. The van der Waals surface area contributed by atoms with E-state index in [1.807, 2.05) is 31.1 Å². The molecule has 7 nitrogen and oxygen atoms in total. The van der Waals surface area contributed by atoms with Gasteiger partial charge in [-0.25, -0.2) is 5.10 Å². The number of aromatic nitrogens is 2. The van der Waals surface area contributed by atoms with Gasteiger partial charge in [0.25, 0.3) is 11.5 Å². The first-order valence-corrected chi connectivity index (χ1v) is 7.53. The van der Waals surface area contributed by atoms with E-state index in [4.69, 9.17) is 4.42 Å². The fraction of sp³-hybridized carbons (Fsp3) is 0.235. The largest absolute Gasteiger partial charge is 0.468 e. The fourth-order valence-corrected chi connectivity index (χ4v) is 2.58. The van der Waals surface area contributed by atoms with Crippen molar-refractivity contribution in [3.63, 3.8) is 0 Å². The first-order chi connectivity index (χ1) is 11.6. The molecule has 0 saturated carbocycles. The Hall–Kier alpha value is -2.93. The van der Waals surface area contributed by atoms with Crippen LogP contribution in [0.2, 0.25) is 0 Å². The molecule has 2 aromatic heterocycles. The zero-order valence-corrected chi connectivity index (χ0v) is 13.4. The van der Waals surface area contributed by atoms with Gasteiger partial charge in [-0.2, -0.15) is 5.10 Å². The summed E-state index contributed by atoms with van der Waals surface area (Å²) in [6, 6.07) is 10.5. The summed E-state index contributed by atoms with van der Waals surface area (Å²) in [6.45, 7) is 0.356. The van der Waals surface area contributed by atoms with Crippen LogP contribution in [-0.2, 0) is 0 Å². The highest BCUT2D eigenvalue weighted by Gasteiger charge is 2.20. The third kappa shape index (κ3) is 3.07. The summed E-state index contributed by atoms with van der Waals surface area (Å²) in [5.41, 5.74) is -0.119. The number of aromatic amines is 1. The molecule has 2 heterocycles. The van der Waals surface area contributed by atoms with E-state index in [-0.39, 0.29) is 23.2 Å². The molecule has 0 unspecified atom stereocenters. The number of fused-ring (bicyclic) bond motifs is 1. The Morgan fingerprint density at radius 1 is 1.25 bits per heavy atom. The number of hydrogen-bond donors (Lipinski definition) is 2. The monoisotopic (exact) mass is 326 g/mol. The van der Waals surface area contributed by atoms with Crippen LogP contribution in [0.1, 0.15) is 22.3 Å². The summed E-state index contributed by atoms with van der Waals surface area (Å²) in [5, 5.41) is 10.1. The van der Waals surface area contributed by atoms with Gasteiger partial charge in [0.15, 0.2) is 5.69 Å². The summed E-state index contributed by atoms with van der Waals surface area (Å²) in [6.07, 6.45) is 1.60. The molecule has 7 heteroatoms. The molecule has 124 valence electrons. The minimum Gasteiger partial charge on any atom is -0.468 e. The first kappa shape index (κ1) is 15.9. The van der Waals surface area contributed by atoms with Gasteiger partial charge in [-0.15, -0.1) is 0 Å². The highest BCUT2D eigenvalue weighted by molar-refractivity contribution is 6.04. The third-order valence-corrected chi connectivity index (χ3v) is 3.86. The first-order valence-electron chi connectivity index (χ1n) is 7.53. The maximum Gasteiger partial charge on any atom is 0.272 e. The molecular formula is C17H18N4O3. The van der Waals surface area contributed by atoms with Crippen LogP contribution in [0.5, 0.6) is 0 Å². The summed E-state index contributed by atoms with van der Waals surface area (Å²) in [5.74, 6) is 0.417. The number of nitrogens with one attached hydrogen (secondary N) is 2. The van der Waals surface area contributed by atoms with Crippen molar-refractivity contribution in [3.8, 4) is 0 Å². The van der Waals surface area contributed by atoms with Crippen molar-refractivity contribution in [2.45, 2.75) is 6.04 Å². The van der Waals surface area contributed by atoms with Gasteiger partial charge < -0.3 is 9.73 Å². The lowest BCUT2D eigenvalue weighted by Crippen LogP contribution is -2.35. The van der Waals surface area contributed by atoms with Gasteiger partial charge in [-0.1, -0.05) is 18.2 Å². The number of furan rings is 1. The van der Waals surface area contributed by atoms with E-state index in [0.717, 1.165) is 5.76 Å². The normalized spacial score (nSPS) is 12.5. The molecule has 0 radical (unpaired) electrons. The number of carbonyl (C=O) groups is 1. The highest BCUT2D eigenvalue weighted by atomic mass is 16.3. The molecular weight excluding hydrogens is 308 g/mol. The van der Waals surface area contributed by atoms with Crippen LogP contribution >= 0.6 is 0 Å². The number of rotatable bonds is 5. The van der Waals surface area contributed by atoms with Gasteiger partial charge in [-0.3, -0.25) is 14.5 Å². The zero-order valence-electron chi connectivity index (χ0n) is 13.4. The standard InChI is InChI=1S/C17H18N4O3/c1-21(2)13(14-8-5-9-24-14)10-18-17(23)15-11-6-3-4-7-12(11)16(22)20-19-15/h3-9,13H,10H2,1-2H3,(H,18,23)(H,20,22)/t13-/m0/s1. The van der Waals surface area contributed by atoms with Gasteiger partial charge in [0, 0.05) is 11.9 Å². The molecule has 0 aliphatic carbocycles. The summed E-state index contributed by atoms with van der Waals surface area (Å²) >= 11 is 0. The van der Waals surface area contributed by atoms with Gasteiger partial charge in [0.1, 0.15) is 5.76 Å². The quantitative estimate of drug-likeness (QED) is 0.742. The third-order valence-electron chi connectivity index (χ3n) is 3.86. The number of H-pyrrole nitrogens is 1. The number of carbonyl (C=O) groups excluding carboxylic acids is 1. The lowest BCUT2D eigenvalue weighted by Gasteiger charge is -2.22. The summed E-state index contributed by atoms with van der Waals surface area (Å²) in [7, 11) is 3.82. The van der Waals surface area contributed by atoms with Gasteiger partial charge in [0.05, 0.1) is 17.7 Å². The smallest absolute Gasteiger partial charge is 0.272 e. The zero-order chi connectivity index (χ0) is 17.1. The molecule has 1 atom stereocenters. The molecule has 2 N–H and O–H groups in total. The van der Waals surface area contributed by atoms with Crippen LogP contribution in [0.15, 0.2) is 51.9 Å². The summed E-state index contributed by atoms with van der Waals surface area (Å²) < 4.78 is 5.42. The molecule has 0 aliphatic heterocycles. The van der Waals surface area contributed by atoms with Gasteiger partial charge in [0.2, 0.25) is 0 Å². The van der Waals surface area contributed by atoms with Crippen LogP contribution in [0.25, 0.3) is 10.8 Å². The Morgan fingerprint density at radius 3 is 2.67 bits per heavy atom. The fourth-order valence-electron chi connectivity index (χ4n) is 2.58. The van der Waals surface area contributed by atoms with Crippen LogP contribution < -0.4 is 10.9 Å². The second kappa shape index (κ2) is 6.67. The predicted octanol–water partition coefficient (Wildman–Crippen LogP) is 1.55. The maximum atomic E-state index is 12.5. The average molecular weight is 326 g/mol. The maximum absolute atomic E-state index is 12.5. The second-order valence-electron chi connectivity index (χ2n) is 5.65. The molecule has 1 aromatic carbocycles. The van der Waals surface area contributed by atoms with Crippen molar-refractivity contribution in [2.24, 2.45) is 0 Å². The van der Waals surface area contributed by atoms with E-state index in [0.29, 0.717) is 17.3 Å². The van der Waals surface area contributed by atoms with Crippen molar-refractivity contribution in [2.75, 3.05) is 20.6 Å². The van der Waals surface area contributed by atoms with Crippen LogP contribution in [0.3, 0.4) is 0 Å². The van der Waals surface area contributed by atoms with Crippen molar-refractivity contribution < 1.29 is 9.21 Å². The molecule has 0 bridgehead atoms. The molecule has 0 aliphatic rings. The SMILES string of the molecule is CN(C)[C@@H](CNC(=O)c1n[nH]c(=O)c2ccccc12)c1ccco1. The van der Waals surface area contributed by atoms with Crippen LogP contribution in [0.4, 0.5) is 0 Å². The van der Waals surface area contributed by atoms with E-state index in [1.54, 1.807) is 30.5 Å². The van der Waals surface area contributed by atoms with Gasteiger partial charge in [-0.05, 0) is 32.3 Å². The number of likely N-dealkylation sites (N-methyl/N-ethyl adjacent to an activating group) is 1. The second-order valence-corrected chi connectivity index (χ2v) is 5.65. The van der Waals surface area contributed by atoms with E-state index in [1.165, 1.54) is 0 Å². The predicted molar refractivity (Wildman–Crippen MR) is 89.8 cm³/mol. The number of hydrogen-bond acceptors (Lipinski definition) is 5. The van der Waals surface area contributed by atoms with Crippen molar-refractivity contribution in [1.29, 1.82) is 0 Å². The van der Waals surface area contributed by atoms with E-state index < -0.39 is 0 Å². The van der Waals surface area contributed by atoms with Crippen LogP contribution in [-0.4, -0.2) is 41.6 Å². The Morgan fingerprint density at radius 2 is 2.00 bits per heavy atom. The molecule has 24 heavy (non-hydrogen) atoms.